The number of amides is 1. The maximum atomic E-state index is 12.4. The Balaban J connectivity index is 1.49. The van der Waals surface area contributed by atoms with Crippen molar-refractivity contribution in [1.82, 2.24) is 24.4 Å². The van der Waals surface area contributed by atoms with E-state index in [0.717, 1.165) is 26.0 Å². The standard InChI is InChI=1S/C18H20N6OS2/c1-18(2,3)13-9-14(23(4)22-13)19-15(25)10-26-16-20-21-17-24(16)11-7-5-6-8-12(11)27-17/h5-9H,10H2,1-4H3,(H,19,25). The number of aromatic nitrogens is 5. The Morgan fingerprint density at radius 1 is 1.26 bits per heavy atom. The second-order valence-electron chi connectivity index (χ2n) is 7.30. The van der Waals surface area contributed by atoms with Gasteiger partial charge in [0.15, 0.2) is 5.16 Å². The number of rotatable bonds is 4. The zero-order valence-corrected chi connectivity index (χ0v) is 17.2. The van der Waals surface area contributed by atoms with Gasteiger partial charge in [0.2, 0.25) is 10.9 Å². The number of thiazole rings is 1. The van der Waals surface area contributed by atoms with Gasteiger partial charge < -0.3 is 5.32 Å². The van der Waals surface area contributed by atoms with Crippen molar-refractivity contribution >= 4 is 50.0 Å². The number of anilines is 1. The second-order valence-corrected chi connectivity index (χ2v) is 9.25. The number of hydrogen-bond acceptors (Lipinski definition) is 6. The van der Waals surface area contributed by atoms with Gasteiger partial charge in [-0.15, -0.1) is 10.2 Å². The third-order valence-corrected chi connectivity index (χ3v) is 6.10. The number of fused-ring (bicyclic) bond motifs is 3. The van der Waals surface area contributed by atoms with Crippen LogP contribution in [0.15, 0.2) is 35.5 Å². The predicted octanol–water partition coefficient (Wildman–Crippen LogP) is 3.71. The van der Waals surface area contributed by atoms with Crippen LogP contribution in [0.25, 0.3) is 15.2 Å². The van der Waals surface area contributed by atoms with Crippen LogP contribution in [0.5, 0.6) is 0 Å². The number of benzene rings is 1. The Morgan fingerprint density at radius 2 is 2.04 bits per heavy atom. The lowest BCUT2D eigenvalue weighted by molar-refractivity contribution is -0.113. The van der Waals surface area contributed by atoms with Gasteiger partial charge in [0, 0.05) is 18.5 Å². The Labute approximate surface area is 164 Å². The first-order valence-corrected chi connectivity index (χ1v) is 10.3. The minimum absolute atomic E-state index is 0.0668. The van der Waals surface area contributed by atoms with Gasteiger partial charge in [0.05, 0.1) is 21.7 Å². The molecule has 3 aromatic heterocycles. The van der Waals surface area contributed by atoms with Gasteiger partial charge in [-0.05, 0) is 12.1 Å². The van der Waals surface area contributed by atoms with E-state index in [2.05, 4.69) is 47.5 Å². The summed E-state index contributed by atoms with van der Waals surface area (Å²) in [6, 6.07) is 10.0. The number of carbonyl (C=O) groups excluding carboxylic acids is 1. The van der Waals surface area contributed by atoms with E-state index < -0.39 is 0 Å². The van der Waals surface area contributed by atoms with Crippen LogP contribution < -0.4 is 5.32 Å². The molecule has 7 nitrogen and oxygen atoms in total. The van der Waals surface area contributed by atoms with Crippen LogP contribution in [0.1, 0.15) is 26.5 Å². The van der Waals surface area contributed by atoms with E-state index in [4.69, 9.17) is 0 Å². The van der Waals surface area contributed by atoms with Crippen molar-refractivity contribution in [3.63, 3.8) is 0 Å². The normalized spacial score (nSPS) is 12.1. The van der Waals surface area contributed by atoms with Crippen molar-refractivity contribution in [3.8, 4) is 0 Å². The zero-order chi connectivity index (χ0) is 19.2. The van der Waals surface area contributed by atoms with Gasteiger partial charge in [-0.2, -0.15) is 5.10 Å². The molecule has 0 bridgehead atoms. The number of thioether (sulfide) groups is 1. The Bertz CT molecular complexity index is 1130. The molecular weight excluding hydrogens is 380 g/mol. The van der Waals surface area contributed by atoms with Crippen LogP contribution in [0.4, 0.5) is 5.82 Å². The SMILES string of the molecule is Cn1nc(C(C)(C)C)cc1NC(=O)CSc1nnc2sc3ccccc3n12. The number of para-hydroxylation sites is 1. The average Bonchev–Trinajstić information content (AvgIpc) is 3.27. The molecule has 0 aliphatic carbocycles. The fraction of sp³-hybridized carbons (Fsp3) is 0.333. The predicted molar refractivity (Wildman–Crippen MR) is 110 cm³/mol. The summed E-state index contributed by atoms with van der Waals surface area (Å²) in [5.41, 5.74) is 1.94. The number of nitrogens with one attached hydrogen (secondary N) is 1. The Hall–Kier alpha value is -2.39. The van der Waals surface area contributed by atoms with E-state index in [9.17, 15) is 4.79 Å². The van der Waals surface area contributed by atoms with Crippen molar-refractivity contribution < 1.29 is 4.79 Å². The quantitative estimate of drug-likeness (QED) is 0.529. The zero-order valence-electron chi connectivity index (χ0n) is 15.6. The van der Waals surface area contributed by atoms with Crippen molar-refractivity contribution in [2.75, 3.05) is 11.1 Å². The fourth-order valence-electron chi connectivity index (χ4n) is 2.71. The third-order valence-electron chi connectivity index (χ3n) is 4.16. The monoisotopic (exact) mass is 400 g/mol. The summed E-state index contributed by atoms with van der Waals surface area (Å²) >= 11 is 2.97. The molecule has 0 atom stereocenters. The van der Waals surface area contributed by atoms with Gasteiger partial charge in [0.1, 0.15) is 5.82 Å². The summed E-state index contributed by atoms with van der Waals surface area (Å²) in [6.07, 6.45) is 0. The molecule has 4 rings (SSSR count). The van der Waals surface area contributed by atoms with Crippen LogP contribution in [-0.4, -0.2) is 36.0 Å². The van der Waals surface area contributed by atoms with E-state index in [-0.39, 0.29) is 17.1 Å². The van der Waals surface area contributed by atoms with Gasteiger partial charge in [-0.3, -0.25) is 13.9 Å². The van der Waals surface area contributed by atoms with Gasteiger partial charge in [-0.25, -0.2) is 0 Å². The molecule has 140 valence electrons. The van der Waals surface area contributed by atoms with Crippen LogP contribution >= 0.6 is 23.1 Å². The third kappa shape index (κ3) is 3.44. The molecule has 9 heteroatoms. The fourth-order valence-corrected chi connectivity index (χ4v) is 4.48. The van der Waals surface area contributed by atoms with Gasteiger partial charge >= 0.3 is 0 Å². The summed E-state index contributed by atoms with van der Waals surface area (Å²) in [6.45, 7) is 6.29. The molecule has 0 saturated heterocycles. The molecule has 3 heterocycles. The first-order chi connectivity index (χ1) is 12.8. The highest BCUT2D eigenvalue weighted by Gasteiger charge is 2.20. The summed E-state index contributed by atoms with van der Waals surface area (Å²) in [5.74, 6) is 0.846. The molecule has 0 aliphatic rings. The lowest BCUT2D eigenvalue weighted by Crippen LogP contribution is -2.16. The van der Waals surface area contributed by atoms with E-state index in [1.807, 2.05) is 35.7 Å². The van der Waals surface area contributed by atoms with Crippen molar-refractivity contribution in [2.24, 2.45) is 7.05 Å². The summed E-state index contributed by atoms with van der Waals surface area (Å²) in [7, 11) is 1.83. The highest BCUT2D eigenvalue weighted by atomic mass is 32.2. The number of hydrogen-bond donors (Lipinski definition) is 1. The molecule has 0 fully saturated rings. The van der Waals surface area contributed by atoms with E-state index in [1.54, 1.807) is 16.0 Å². The van der Waals surface area contributed by atoms with Crippen molar-refractivity contribution in [1.29, 1.82) is 0 Å². The van der Waals surface area contributed by atoms with Gasteiger partial charge in [-0.1, -0.05) is 56.0 Å². The van der Waals surface area contributed by atoms with Crippen LogP contribution in [0.3, 0.4) is 0 Å². The number of nitrogens with zero attached hydrogens (tertiary/aromatic N) is 5. The molecule has 1 aromatic carbocycles. The topological polar surface area (TPSA) is 77.1 Å². The molecule has 0 spiro atoms. The molecule has 4 aromatic rings. The van der Waals surface area contributed by atoms with Crippen molar-refractivity contribution in [3.05, 3.63) is 36.0 Å². The van der Waals surface area contributed by atoms with Crippen LogP contribution in [0, 0.1) is 0 Å². The molecular formula is C18H20N6OS2. The number of carbonyl (C=O) groups is 1. The molecule has 0 aliphatic heterocycles. The van der Waals surface area contributed by atoms with E-state index >= 15 is 0 Å². The minimum Gasteiger partial charge on any atom is -0.310 e. The van der Waals surface area contributed by atoms with E-state index in [0.29, 0.717) is 5.82 Å². The largest absolute Gasteiger partial charge is 0.310 e. The molecule has 0 unspecified atom stereocenters. The van der Waals surface area contributed by atoms with E-state index in [1.165, 1.54) is 11.8 Å². The van der Waals surface area contributed by atoms with Crippen molar-refractivity contribution in [2.45, 2.75) is 31.3 Å². The van der Waals surface area contributed by atoms with Crippen LogP contribution in [0.2, 0.25) is 0 Å². The minimum atomic E-state index is -0.0975. The maximum absolute atomic E-state index is 12.4. The lowest BCUT2D eigenvalue weighted by atomic mass is 9.92. The molecule has 0 saturated carbocycles. The lowest BCUT2D eigenvalue weighted by Gasteiger charge is -2.13. The molecule has 1 N–H and O–H groups in total. The Kier molecular flexibility index (Phi) is 4.43. The summed E-state index contributed by atoms with van der Waals surface area (Å²) in [4.78, 5) is 13.3. The first-order valence-electron chi connectivity index (χ1n) is 8.53. The number of aryl methyl sites for hydroxylation is 1. The smallest absolute Gasteiger partial charge is 0.235 e. The maximum Gasteiger partial charge on any atom is 0.235 e. The second kappa shape index (κ2) is 6.65. The Morgan fingerprint density at radius 3 is 2.78 bits per heavy atom. The summed E-state index contributed by atoms with van der Waals surface area (Å²) in [5, 5.41) is 16.6. The highest BCUT2D eigenvalue weighted by Crippen LogP contribution is 2.29. The molecule has 27 heavy (non-hydrogen) atoms. The average molecular weight is 401 g/mol. The van der Waals surface area contributed by atoms with Gasteiger partial charge in [0.25, 0.3) is 0 Å². The highest BCUT2D eigenvalue weighted by molar-refractivity contribution is 7.99. The van der Waals surface area contributed by atoms with Crippen LogP contribution in [-0.2, 0) is 17.3 Å². The molecule has 1 amide bonds. The first kappa shape index (κ1) is 18.0. The molecule has 0 radical (unpaired) electrons. The summed E-state index contributed by atoms with van der Waals surface area (Å²) < 4.78 is 4.85.